The van der Waals surface area contributed by atoms with Crippen LogP contribution in [0.15, 0.2) is 11.6 Å². The lowest BCUT2D eigenvalue weighted by Crippen LogP contribution is -2.52. The minimum Gasteiger partial charge on any atom is -0.393 e. The summed E-state index contributed by atoms with van der Waals surface area (Å²) < 4.78 is 0. The van der Waals surface area contributed by atoms with Crippen LogP contribution in [0, 0.1) is 46.3 Å². The molecule has 0 unspecified atom stereocenters. The Morgan fingerprint density at radius 3 is 2.38 bits per heavy atom. The molecule has 0 amide bonds. The van der Waals surface area contributed by atoms with Gasteiger partial charge in [0.05, 0.1) is 6.10 Å². The predicted octanol–water partition coefficient (Wildman–Crippen LogP) is 6.57. The summed E-state index contributed by atoms with van der Waals surface area (Å²) in [5, 5.41) is 10.2. The highest BCUT2D eigenvalue weighted by molar-refractivity contribution is 5.94. The Morgan fingerprint density at radius 1 is 0.966 bits per heavy atom. The molecule has 0 heterocycles. The van der Waals surface area contributed by atoms with Crippen LogP contribution in [0.2, 0.25) is 0 Å². The zero-order chi connectivity index (χ0) is 21.0. The first kappa shape index (κ1) is 21.6. The van der Waals surface area contributed by atoms with Crippen molar-refractivity contribution in [3.05, 3.63) is 11.6 Å². The van der Waals surface area contributed by atoms with Gasteiger partial charge >= 0.3 is 0 Å². The van der Waals surface area contributed by atoms with Crippen molar-refractivity contribution in [1.29, 1.82) is 0 Å². The summed E-state index contributed by atoms with van der Waals surface area (Å²) in [5.74, 6) is 4.00. The maximum Gasteiger partial charge on any atom is 0.159 e. The molecule has 0 spiro atoms. The van der Waals surface area contributed by atoms with Crippen LogP contribution in [-0.2, 0) is 4.79 Å². The average Bonchev–Trinajstić information content (AvgIpc) is 3.00. The smallest absolute Gasteiger partial charge is 0.159 e. The largest absolute Gasteiger partial charge is 0.393 e. The van der Waals surface area contributed by atoms with Crippen LogP contribution < -0.4 is 0 Å². The van der Waals surface area contributed by atoms with E-state index in [4.69, 9.17) is 0 Å². The third-order valence-corrected chi connectivity index (χ3v) is 10.1. The molecule has 0 aromatic heterocycles. The van der Waals surface area contributed by atoms with Gasteiger partial charge in [-0.2, -0.15) is 0 Å². The molecule has 0 radical (unpaired) electrons. The summed E-state index contributed by atoms with van der Waals surface area (Å²) >= 11 is 0. The van der Waals surface area contributed by atoms with E-state index in [1.165, 1.54) is 50.5 Å². The Kier molecular flexibility index (Phi) is 5.82. The molecule has 4 aliphatic rings. The summed E-state index contributed by atoms with van der Waals surface area (Å²) in [6.07, 6.45) is 13.7. The van der Waals surface area contributed by atoms with Gasteiger partial charge in [-0.3, -0.25) is 4.79 Å². The normalized spacial score (nSPS) is 45.4. The topological polar surface area (TPSA) is 37.3 Å². The summed E-state index contributed by atoms with van der Waals surface area (Å²) in [4.78, 5) is 13.2. The molecule has 4 aliphatic carbocycles. The highest BCUT2D eigenvalue weighted by Crippen LogP contribution is 2.66. The number of aliphatic hydroxyl groups excluding tert-OH is 1. The SMILES string of the molecule is CC(C)CCC[C@H](C)[C@@H]1CC[C@@H]2C3=CC(=O)[C@H]4C[C@@H](O)CC[C@]4(C)[C@H]3CC[C@@]21C. The summed E-state index contributed by atoms with van der Waals surface area (Å²) in [5.41, 5.74) is 2.00. The minimum absolute atomic E-state index is 0.0523. The van der Waals surface area contributed by atoms with Crippen molar-refractivity contribution in [2.45, 2.75) is 105 Å². The lowest BCUT2D eigenvalue weighted by atomic mass is 9.47. The van der Waals surface area contributed by atoms with E-state index in [-0.39, 0.29) is 17.4 Å². The Morgan fingerprint density at radius 2 is 1.66 bits per heavy atom. The van der Waals surface area contributed by atoms with Crippen molar-refractivity contribution in [2.24, 2.45) is 46.3 Å². The first-order chi connectivity index (χ1) is 13.7. The second-order valence-corrected chi connectivity index (χ2v) is 12.2. The fraction of sp³-hybridized carbons (Fsp3) is 0.889. The first-order valence-corrected chi connectivity index (χ1v) is 12.6. The van der Waals surface area contributed by atoms with Gasteiger partial charge in [0.2, 0.25) is 0 Å². The van der Waals surface area contributed by atoms with Crippen LogP contribution in [0.5, 0.6) is 0 Å². The third-order valence-electron chi connectivity index (χ3n) is 10.1. The Balaban J connectivity index is 1.55. The number of carbonyl (C=O) groups excluding carboxylic acids is 1. The summed E-state index contributed by atoms with van der Waals surface area (Å²) in [6, 6.07) is 0. The second kappa shape index (κ2) is 7.81. The van der Waals surface area contributed by atoms with E-state index in [0.717, 1.165) is 30.6 Å². The molecular weight excluding hydrogens is 356 g/mol. The Labute approximate surface area is 178 Å². The fourth-order valence-electron chi connectivity index (χ4n) is 8.37. The van der Waals surface area contributed by atoms with E-state index in [1.807, 2.05) is 0 Å². The van der Waals surface area contributed by atoms with Crippen LogP contribution >= 0.6 is 0 Å². The average molecular weight is 401 g/mol. The molecular formula is C27H44O2. The van der Waals surface area contributed by atoms with Gasteiger partial charge in [0.25, 0.3) is 0 Å². The van der Waals surface area contributed by atoms with Gasteiger partial charge in [-0.05, 0) is 91.4 Å². The highest BCUT2D eigenvalue weighted by atomic mass is 16.3. The predicted molar refractivity (Wildman–Crippen MR) is 119 cm³/mol. The fourth-order valence-corrected chi connectivity index (χ4v) is 8.37. The van der Waals surface area contributed by atoms with E-state index in [2.05, 4.69) is 40.7 Å². The van der Waals surface area contributed by atoms with Gasteiger partial charge in [0.15, 0.2) is 5.78 Å². The number of carbonyl (C=O) groups is 1. The summed E-state index contributed by atoms with van der Waals surface area (Å²) in [7, 11) is 0. The first-order valence-electron chi connectivity index (χ1n) is 12.6. The van der Waals surface area contributed by atoms with Crippen molar-refractivity contribution in [1.82, 2.24) is 0 Å². The van der Waals surface area contributed by atoms with Crippen LogP contribution in [0.25, 0.3) is 0 Å². The molecule has 4 rings (SSSR count). The second-order valence-electron chi connectivity index (χ2n) is 12.2. The molecule has 29 heavy (non-hydrogen) atoms. The van der Waals surface area contributed by atoms with Gasteiger partial charge in [-0.25, -0.2) is 0 Å². The van der Waals surface area contributed by atoms with Gasteiger partial charge < -0.3 is 5.11 Å². The molecule has 0 aliphatic heterocycles. The molecule has 0 aromatic carbocycles. The van der Waals surface area contributed by atoms with Crippen molar-refractivity contribution < 1.29 is 9.90 Å². The maximum absolute atomic E-state index is 13.2. The molecule has 3 saturated carbocycles. The molecule has 2 heteroatoms. The van der Waals surface area contributed by atoms with E-state index in [0.29, 0.717) is 29.5 Å². The molecule has 164 valence electrons. The highest BCUT2D eigenvalue weighted by Gasteiger charge is 2.59. The van der Waals surface area contributed by atoms with E-state index in [9.17, 15) is 9.90 Å². The minimum atomic E-state index is -0.275. The van der Waals surface area contributed by atoms with Crippen molar-refractivity contribution in [3.63, 3.8) is 0 Å². The number of aliphatic hydroxyl groups is 1. The third kappa shape index (κ3) is 3.56. The van der Waals surface area contributed by atoms with Gasteiger partial charge in [0.1, 0.15) is 0 Å². The monoisotopic (exact) mass is 400 g/mol. The summed E-state index contributed by atoms with van der Waals surface area (Å²) in [6.45, 7) is 12.1. The lowest BCUT2D eigenvalue weighted by molar-refractivity contribution is -0.132. The number of allylic oxidation sites excluding steroid dienone is 2. The van der Waals surface area contributed by atoms with Gasteiger partial charge in [-0.1, -0.05) is 59.5 Å². The zero-order valence-corrected chi connectivity index (χ0v) is 19.5. The molecule has 0 bridgehead atoms. The maximum atomic E-state index is 13.2. The molecule has 1 N–H and O–H groups in total. The van der Waals surface area contributed by atoms with E-state index < -0.39 is 0 Å². The van der Waals surface area contributed by atoms with Crippen LogP contribution in [0.1, 0.15) is 98.8 Å². The van der Waals surface area contributed by atoms with Crippen molar-refractivity contribution in [3.8, 4) is 0 Å². The molecule has 8 atom stereocenters. The zero-order valence-electron chi connectivity index (χ0n) is 19.5. The van der Waals surface area contributed by atoms with Crippen molar-refractivity contribution in [2.75, 3.05) is 0 Å². The number of ketones is 1. The quantitative estimate of drug-likeness (QED) is 0.567. The molecule has 2 nitrogen and oxygen atoms in total. The van der Waals surface area contributed by atoms with E-state index >= 15 is 0 Å². The lowest BCUT2D eigenvalue weighted by Gasteiger charge is -2.57. The Hall–Kier alpha value is -0.630. The van der Waals surface area contributed by atoms with Crippen LogP contribution in [0.4, 0.5) is 0 Å². The molecule has 0 saturated heterocycles. The van der Waals surface area contributed by atoms with Crippen molar-refractivity contribution >= 4 is 5.78 Å². The Bertz CT molecular complexity index is 663. The molecule has 0 aromatic rings. The van der Waals surface area contributed by atoms with Gasteiger partial charge in [-0.15, -0.1) is 0 Å². The number of hydrogen-bond donors (Lipinski definition) is 1. The van der Waals surface area contributed by atoms with E-state index in [1.54, 1.807) is 0 Å². The van der Waals surface area contributed by atoms with Crippen LogP contribution in [0.3, 0.4) is 0 Å². The van der Waals surface area contributed by atoms with Crippen LogP contribution in [-0.4, -0.2) is 17.0 Å². The van der Waals surface area contributed by atoms with Gasteiger partial charge in [0, 0.05) is 5.92 Å². The number of fused-ring (bicyclic) bond motifs is 5. The standard InChI is InChI=1S/C27H44O2/c1-17(2)7-6-8-18(3)21-9-10-22-20-16-25(29)24-15-19(28)11-13-27(24,5)23(20)12-14-26(21,22)4/h16-19,21-24,28H,6-15H2,1-5H3/t18-,19-,21-,22+,23-,24+,26+,27+/m0/s1. The number of rotatable bonds is 5. The molecule has 3 fully saturated rings. The number of hydrogen-bond acceptors (Lipinski definition) is 2.